The summed E-state index contributed by atoms with van der Waals surface area (Å²) in [6, 6.07) is 12.5. The van der Waals surface area contributed by atoms with Crippen molar-refractivity contribution in [3.8, 4) is 0 Å². The van der Waals surface area contributed by atoms with Crippen LogP contribution in [0.4, 0.5) is 0 Å². The van der Waals surface area contributed by atoms with Crippen molar-refractivity contribution in [1.82, 2.24) is 0 Å². The Hall–Kier alpha value is -1.84. The van der Waals surface area contributed by atoms with Gasteiger partial charge in [0.2, 0.25) is 0 Å². The number of carbonyl (C=O) groups excluding carboxylic acids is 1. The largest absolute Gasteiger partial charge is 0.365 e. The summed E-state index contributed by atoms with van der Waals surface area (Å²) in [7, 11) is 0. The molecular formula is C19H19Cl2NO2. The highest BCUT2D eigenvalue weighted by Gasteiger charge is 2.07. The Morgan fingerprint density at radius 2 is 1.75 bits per heavy atom. The predicted molar refractivity (Wildman–Crippen MR) is 99.1 cm³/mol. The molecule has 0 aromatic heterocycles. The van der Waals surface area contributed by atoms with E-state index in [0.717, 1.165) is 12.8 Å². The maximum absolute atomic E-state index is 12.0. The van der Waals surface area contributed by atoms with E-state index in [9.17, 15) is 4.79 Å². The molecule has 0 N–H and O–H groups in total. The molecule has 0 aliphatic rings. The molecule has 0 aliphatic carbocycles. The SMILES string of the molecule is CCCCCc1ccc(C(=O)O/N=C/c2c(Cl)cccc2Cl)cc1. The summed E-state index contributed by atoms with van der Waals surface area (Å²) in [5.74, 6) is -0.519. The number of hydrogen-bond acceptors (Lipinski definition) is 3. The van der Waals surface area contributed by atoms with Crippen LogP contribution in [-0.4, -0.2) is 12.2 Å². The monoisotopic (exact) mass is 363 g/mol. The Morgan fingerprint density at radius 3 is 2.38 bits per heavy atom. The standard InChI is InChI=1S/C19H19Cl2NO2/c1-2-3-4-6-14-9-11-15(12-10-14)19(23)24-22-13-16-17(20)7-5-8-18(16)21/h5,7-13H,2-4,6H2,1H3/b22-13+. The summed E-state index contributed by atoms with van der Waals surface area (Å²) in [6.45, 7) is 2.18. The molecule has 0 amide bonds. The molecule has 126 valence electrons. The smallest absolute Gasteiger partial charge is 0.313 e. The van der Waals surface area contributed by atoms with Crippen molar-refractivity contribution in [1.29, 1.82) is 0 Å². The molecule has 3 nitrogen and oxygen atoms in total. The van der Waals surface area contributed by atoms with Crippen LogP contribution in [0, 0.1) is 0 Å². The number of halogens is 2. The van der Waals surface area contributed by atoms with Gasteiger partial charge in [-0.2, -0.15) is 0 Å². The van der Waals surface area contributed by atoms with E-state index in [0.29, 0.717) is 21.2 Å². The topological polar surface area (TPSA) is 38.7 Å². The van der Waals surface area contributed by atoms with Crippen LogP contribution in [0.25, 0.3) is 0 Å². The molecule has 0 fully saturated rings. The predicted octanol–water partition coefficient (Wildman–Crippen LogP) is 5.92. The molecule has 5 heteroatoms. The molecule has 0 radical (unpaired) electrons. The fourth-order valence-electron chi connectivity index (χ4n) is 2.20. The molecule has 0 saturated heterocycles. The molecule has 0 aliphatic heterocycles. The first kappa shape index (κ1) is 18.5. The van der Waals surface area contributed by atoms with Crippen LogP contribution in [0.5, 0.6) is 0 Å². The van der Waals surface area contributed by atoms with Crippen LogP contribution < -0.4 is 0 Å². The van der Waals surface area contributed by atoms with Crippen molar-refractivity contribution in [2.45, 2.75) is 32.6 Å². The maximum Gasteiger partial charge on any atom is 0.365 e. The number of hydrogen-bond donors (Lipinski definition) is 0. The number of carbonyl (C=O) groups is 1. The van der Waals surface area contributed by atoms with Crippen molar-refractivity contribution < 1.29 is 9.63 Å². The second-order valence-corrected chi connectivity index (χ2v) is 6.22. The Bertz CT molecular complexity index is 692. The Balaban J connectivity index is 1.94. The number of benzene rings is 2. The lowest BCUT2D eigenvalue weighted by Gasteiger charge is -2.03. The molecule has 0 bridgehead atoms. The third-order valence-corrected chi connectivity index (χ3v) is 4.23. The Kier molecular flexibility index (Phi) is 7.29. The molecule has 0 heterocycles. The highest BCUT2D eigenvalue weighted by Crippen LogP contribution is 2.22. The maximum atomic E-state index is 12.0. The average molecular weight is 364 g/mol. The van der Waals surface area contributed by atoms with Gasteiger partial charge in [-0.1, -0.05) is 66.3 Å². The van der Waals surface area contributed by atoms with Gasteiger partial charge >= 0.3 is 5.97 Å². The minimum Gasteiger partial charge on any atom is -0.313 e. The highest BCUT2D eigenvalue weighted by molar-refractivity contribution is 6.38. The summed E-state index contributed by atoms with van der Waals surface area (Å²) in [4.78, 5) is 16.9. The fourth-order valence-corrected chi connectivity index (χ4v) is 2.70. The lowest BCUT2D eigenvalue weighted by molar-refractivity contribution is 0.0519. The van der Waals surface area contributed by atoms with E-state index in [1.165, 1.54) is 24.6 Å². The van der Waals surface area contributed by atoms with Gasteiger partial charge < -0.3 is 4.84 Å². The molecule has 0 spiro atoms. The van der Waals surface area contributed by atoms with E-state index >= 15 is 0 Å². The van der Waals surface area contributed by atoms with E-state index in [2.05, 4.69) is 12.1 Å². The number of nitrogens with zero attached hydrogens (tertiary/aromatic N) is 1. The van der Waals surface area contributed by atoms with Gasteiger partial charge in [-0.15, -0.1) is 0 Å². The second-order valence-electron chi connectivity index (χ2n) is 5.40. The van der Waals surface area contributed by atoms with Gasteiger partial charge in [0.1, 0.15) is 0 Å². The first-order chi connectivity index (χ1) is 11.6. The van der Waals surface area contributed by atoms with Crippen LogP contribution in [-0.2, 0) is 11.3 Å². The normalized spacial score (nSPS) is 11.0. The van der Waals surface area contributed by atoms with Crippen molar-refractivity contribution in [3.05, 3.63) is 69.2 Å². The van der Waals surface area contributed by atoms with Gasteiger partial charge in [-0.05, 0) is 42.7 Å². The van der Waals surface area contributed by atoms with E-state index in [1.54, 1.807) is 30.3 Å². The van der Waals surface area contributed by atoms with Crippen LogP contribution >= 0.6 is 23.2 Å². The summed E-state index contributed by atoms with van der Waals surface area (Å²) >= 11 is 12.0. The Labute approximate surface area is 152 Å². The molecule has 2 aromatic carbocycles. The van der Waals surface area contributed by atoms with Crippen molar-refractivity contribution in [2.24, 2.45) is 5.16 Å². The molecule has 2 rings (SSSR count). The Morgan fingerprint density at radius 1 is 1.08 bits per heavy atom. The lowest BCUT2D eigenvalue weighted by Crippen LogP contribution is -2.01. The van der Waals surface area contributed by atoms with Gasteiger partial charge in [0, 0.05) is 5.56 Å². The lowest BCUT2D eigenvalue weighted by atomic mass is 10.1. The minimum atomic E-state index is -0.519. The molecule has 2 aromatic rings. The van der Waals surface area contributed by atoms with Gasteiger partial charge in [-0.25, -0.2) is 4.79 Å². The van der Waals surface area contributed by atoms with Crippen molar-refractivity contribution in [3.63, 3.8) is 0 Å². The molecule has 0 unspecified atom stereocenters. The number of oxime groups is 1. The summed E-state index contributed by atoms with van der Waals surface area (Å²) in [5, 5.41) is 4.57. The van der Waals surface area contributed by atoms with E-state index in [4.69, 9.17) is 28.0 Å². The van der Waals surface area contributed by atoms with Crippen LogP contribution in [0.1, 0.15) is 47.7 Å². The minimum absolute atomic E-state index is 0.443. The third kappa shape index (κ3) is 5.36. The number of aryl methyl sites for hydroxylation is 1. The number of rotatable bonds is 7. The zero-order valence-electron chi connectivity index (χ0n) is 13.5. The zero-order valence-corrected chi connectivity index (χ0v) is 15.0. The summed E-state index contributed by atoms with van der Waals surface area (Å²) < 4.78 is 0. The van der Waals surface area contributed by atoms with Crippen LogP contribution in [0.3, 0.4) is 0 Å². The van der Waals surface area contributed by atoms with Crippen molar-refractivity contribution in [2.75, 3.05) is 0 Å². The highest BCUT2D eigenvalue weighted by atomic mass is 35.5. The third-order valence-electron chi connectivity index (χ3n) is 3.58. The second kappa shape index (κ2) is 9.45. The summed E-state index contributed by atoms with van der Waals surface area (Å²) in [5.41, 5.74) is 2.18. The van der Waals surface area contributed by atoms with Crippen molar-refractivity contribution >= 4 is 35.4 Å². The van der Waals surface area contributed by atoms with Crippen LogP contribution in [0.15, 0.2) is 47.6 Å². The first-order valence-corrected chi connectivity index (χ1v) is 8.65. The van der Waals surface area contributed by atoms with E-state index in [-0.39, 0.29) is 0 Å². The first-order valence-electron chi connectivity index (χ1n) is 7.89. The van der Waals surface area contributed by atoms with Gasteiger partial charge in [0.15, 0.2) is 0 Å². The molecule has 0 atom stereocenters. The van der Waals surface area contributed by atoms with E-state index in [1.807, 2.05) is 12.1 Å². The van der Waals surface area contributed by atoms with Crippen LogP contribution in [0.2, 0.25) is 10.0 Å². The average Bonchev–Trinajstić information content (AvgIpc) is 2.58. The fraction of sp³-hybridized carbons (Fsp3) is 0.263. The summed E-state index contributed by atoms with van der Waals surface area (Å²) in [6.07, 6.45) is 5.91. The van der Waals surface area contributed by atoms with E-state index < -0.39 is 5.97 Å². The van der Waals surface area contributed by atoms with Gasteiger partial charge in [-0.3, -0.25) is 0 Å². The quantitative estimate of drug-likeness (QED) is 0.265. The van der Waals surface area contributed by atoms with Gasteiger partial charge in [0.05, 0.1) is 21.8 Å². The molecule has 24 heavy (non-hydrogen) atoms. The number of unbranched alkanes of at least 4 members (excludes halogenated alkanes) is 2. The molecular weight excluding hydrogens is 345 g/mol. The zero-order chi connectivity index (χ0) is 17.4. The van der Waals surface area contributed by atoms with Gasteiger partial charge in [0.25, 0.3) is 0 Å². The molecule has 0 saturated carbocycles.